The number of piperidine rings is 2. The summed E-state index contributed by atoms with van der Waals surface area (Å²) in [6, 6.07) is 7.06. The van der Waals surface area contributed by atoms with Crippen LogP contribution in [0.4, 0.5) is 15.9 Å². The zero-order chi connectivity index (χ0) is 20.9. The molecule has 0 unspecified atom stereocenters. The van der Waals surface area contributed by atoms with Crippen LogP contribution in [0.15, 0.2) is 30.5 Å². The van der Waals surface area contributed by atoms with Gasteiger partial charge in [0, 0.05) is 36.1 Å². The molecule has 2 saturated heterocycles. The molecule has 0 aromatic carbocycles. The standard InChI is InChI=1S/C23H30FN5O/c1-17-13-20(27-22-6-5-19(24)15-25-22)14-21(26-17)18-7-11-28(12-8-18)16-23(30)29-9-3-2-4-10-29/h5-6,13-15,18H,2-4,7-12,16H2,1H3,(H,25,26,27). The summed E-state index contributed by atoms with van der Waals surface area (Å²) in [6.07, 6.45) is 6.72. The number of nitrogens with one attached hydrogen (secondary N) is 1. The third kappa shape index (κ3) is 5.33. The van der Waals surface area contributed by atoms with E-state index < -0.39 is 0 Å². The average molecular weight is 412 g/mol. The van der Waals surface area contributed by atoms with Gasteiger partial charge in [-0.05, 0) is 76.4 Å². The van der Waals surface area contributed by atoms with E-state index in [1.165, 1.54) is 18.7 Å². The van der Waals surface area contributed by atoms with Crippen LogP contribution in [0.2, 0.25) is 0 Å². The van der Waals surface area contributed by atoms with Crippen LogP contribution in [-0.4, -0.2) is 58.4 Å². The predicted octanol–water partition coefficient (Wildman–Crippen LogP) is 3.86. The molecule has 2 aromatic heterocycles. The first kappa shape index (κ1) is 20.7. The number of hydrogen-bond donors (Lipinski definition) is 1. The van der Waals surface area contributed by atoms with Gasteiger partial charge in [-0.1, -0.05) is 0 Å². The van der Waals surface area contributed by atoms with E-state index >= 15 is 0 Å². The van der Waals surface area contributed by atoms with E-state index in [2.05, 4.69) is 21.3 Å². The molecule has 2 aliphatic heterocycles. The van der Waals surface area contributed by atoms with Gasteiger partial charge in [-0.25, -0.2) is 9.37 Å². The predicted molar refractivity (Wildman–Crippen MR) is 115 cm³/mol. The van der Waals surface area contributed by atoms with Crippen molar-refractivity contribution in [2.45, 2.75) is 44.9 Å². The Morgan fingerprint density at radius 3 is 2.60 bits per heavy atom. The number of aromatic nitrogens is 2. The zero-order valence-corrected chi connectivity index (χ0v) is 17.6. The van der Waals surface area contributed by atoms with Crippen molar-refractivity contribution < 1.29 is 9.18 Å². The van der Waals surface area contributed by atoms with Crippen LogP contribution in [0.5, 0.6) is 0 Å². The molecule has 30 heavy (non-hydrogen) atoms. The smallest absolute Gasteiger partial charge is 0.236 e. The molecular formula is C23H30FN5O. The Labute approximate surface area is 177 Å². The van der Waals surface area contributed by atoms with Crippen molar-refractivity contribution in [1.82, 2.24) is 19.8 Å². The van der Waals surface area contributed by atoms with Gasteiger partial charge in [-0.15, -0.1) is 0 Å². The third-order valence-corrected chi connectivity index (χ3v) is 6.05. The van der Waals surface area contributed by atoms with Crippen LogP contribution < -0.4 is 5.32 Å². The second-order valence-corrected chi connectivity index (χ2v) is 8.40. The number of pyridine rings is 2. The highest BCUT2D eigenvalue weighted by Crippen LogP contribution is 2.29. The van der Waals surface area contributed by atoms with E-state index in [1.807, 2.05) is 17.9 Å². The Balaban J connectivity index is 1.34. The molecule has 0 spiro atoms. The van der Waals surface area contributed by atoms with Gasteiger partial charge >= 0.3 is 0 Å². The van der Waals surface area contributed by atoms with Crippen LogP contribution in [0.3, 0.4) is 0 Å². The van der Waals surface area contributed by atoms with Crippen LogP contribution >= 0.6 is 0 Å². The number of aryl methyl sites for hydroxylation is 1. The van der Waals surface area contributed by atoms with E-state index in [4.69, 9.17) is 4.98 Å². The highest BCUT2D eigenvalue weighted by atomic mass is 19.1. The monoisotopic (exact) mass is 411 g/mol. The first-order valence-corrected chi connectivity index (χ1v) is 10.9. The fourth-order valence-corrected chi connectivity index (χ4v) is 4.39. The fraction of sp³-hybridized carbons (Fsp3) is 0.522. The molecule has 160 valence electrons. The molecule has 2 aromatic rings. The molecule has 6 nitrogen and oxygen atoms in total. The number of amides is 1. The van der Waals surface area contributed by atoms with Gasteiger partial charge in [0.05, 0.1) is 12.7 Å². The van der Waals surface area contributed by atoms with Gasteiger partial charge in [0.1, 0.15) is 11.6 Å². The Hall–Kier alpha value is -2.54. The van der Waals surface area contributed by atoms with E-state index in [1.54, 1.807) is 6.07 Å². The quantitative estimate of drug-likeness (QED) is 0.810. The number of rotatable bonds is 5. The molecule has 7 heteroatoms. The lowest BCUT2D eigenvalue weighted by molar-refractivity contribution is -0.133. The lowest BCUT2D eigenvalue weighted by Gasteiger charge is -2.34. The summed E-state index contributed by atoms with van der Waals surface area (Å²) in [5, 5.41) is 3.24. The minimum atomic E-state index is -0.349. The van der Waals surface area contributed by atoms with Crippen molar-refractivity contribution in [2.75, 3.05) is 38.0 Å². The minimum absolute atomic E-state index is 0.278. The summed E-state index contributed by atoms with van der Waals surface area (Å²) in [7, 11) is 0. The van der Waals surface area contributed by atoms with Crippen LogP contribution in [0, 0.1) is 12.7 Å². The molecule has 4 rings (SSSR count). The maximum Gasteiger partial charge on any atom is 0.236 e. The summed E-state index contributed by atoms with van der Waals surface area (Å²) in [4.78, 5) is 25.7. The fourth-order valence-electron chi connectivity index (χ4n) is 4.39. The Morgan fingerprint density at radius 2 is 1.90 bits per heavy atom. The Bertz CT molecular complexity index is 858. The highest BCUT2D eigenvalue weighted by molar-refractivity contribution is 5.78. The number of likely N-dealkylation sites (tertiary alicyclic amines) is 2. The van der Waals surface area contributed by atoms with Crippen molar-refractivity contribution >= 4 is 17.4 Å². The van der Waals surface area contributed by atoms with Crippen LogP contribution in [0.25, 0.3) is 0 Å². The summed E-state index contributed by atoms with van der Waals surface area (Å²) in [5.74, 6) is 0.921. The van der Waals surface area contributed by atoms with E-state index in [9.17, 15) is 9.18 Å². The van der Waals surface area contributed by atoms with Gasteiger partial charge < -0.3 is 10.2 Å². The Morgan fingerprint density at radius 1 is 1.13 bits per heavy atom. The van der Waals surface area contributed by atoms with Gasteiger partial charge in [-0.3, -0.25) is 14.7 Å². The summed E-state index contributed by atoms with van der Waals surface area (Å²) in [6.45, 7) is 6.20. The molecule has 0 radical (unpaired) electrons. The van der Waals surface area contributed by atoms with Gasteiger partial charge in [0.25, 0.3) is 0 Å². The SMILES string of the molecule is Cc1cc(Nc2ccc(F)cn2)cc(C2CCN(CC(=O)N3CCCCC3)CC2)n1. The van der Waals surface area contributed by atoms with Crippen molar-refractivity contribution in [1.29, 1.82) is 0 Å². The molecule has 0 aliphatic carbocycles. The average Bonchev–Trinajstić information content (AvgIpc) is 2.76. The van der Waals surface area contributed by atoms with E-state index in [0.29, 0.717) is 18.3 Å². The first-order valence-electron chi connectivity index (χ1n) is 10.9. The van der Waals surface area contributed by atoms with Gasteiger partial charge in [-0.2, -0.15) is 0 Å². The molecule has 0 atom stereocenters. The van der Waals surface area contributed by atoms with Crippen molar-refractivity contribution in [3.8, 4) is 0 Å². The van der Waals surface area contributed by atoms with Crippen LogP contribution in [0.1, 0.15) is 49.4 Å². The molecule has 1 amide bonds. The summed E-state index contributed by atoms with van der Waals surface area (Å²) >= 11 is 0. The molecule has 4 heterocycles. The van der Waals surface area contributed by atoms with Crippen LogP contribution in [-0.2, 0) is 4.79 Å². The zero-order valence-electron chi connectivity index (χ0n) is 17.6. The second kappa shape index (κ2) is 9.51. The number of hydrogen-bond acceptors (Lipinski definition) is 5. The van der Waals surface area contributed by atoms with Gasteiger partial charge in [0.15, 0.2) is 0 Å². The summed E-state index contributed by atoms with van der Waals surface area (Å²) in [5.41, 5.74) is 2.93. The van der Waals surface area contributed by atoms with E-state index in [-0.39, 0.29) is 11.7 Å². The first-order chi connectivity index (χ1) is 14.6. The van der Waals surface area contributed by atoms with E-state index in [0.717, 1.165) is 68.9 Å². The van der Waals surface area contributed by atoms with Crippen molar-refractivity contribution in [3.63, 3.8) is 0 Å². The second-order valence-electron chi connectivity index (χ2n) is 8.40. The normalized spacial score (nSPS) is 18.4. The number of carbonyl (C=O) groups excluding carboxylic acids is 1. The molecule has 2 aliphatic rings. The number of nitrogens with zero attached hydrogens (tertiary/aromatic N) is 4. The van der Waals surface area contributed by atoms with Crippen molar-refractivity contribution in [3.05, 3.63) is 47.7 Å². The maximum absolute atomic E-state index is 13.1. The maximum atomic E-state index is 13.1. The largest absolute Gasteiger partial charge is 0.342 e. The molecular weight excluding hydrogens is 381 g/mol. The van der Waals surface area contributed by atoms with Gasteiger partial charge in [0.2, 0.25) is 5.91 Å². The lowest BCUT2D eigenvalue weighted by Crippen LogP contribution is -2.44. The minimum Gasteiger partial charge on any atom is -0.342 e. The highest BCUT2D eigenvalue weighted by Gasteiger charge is 2.25. The number of carbonyl (C=O) groups is 1. The summed E-state index contributed by atoms with van der Waals surface area (Å²) < 4.78 is 13.1. The number of anilines is 2. The van der Waals surface area contributed by atoms with Crippen molar-refractivity contribution in [2.24, 2.45) is 0 Å². The molecule has 1 N–H and O–H groups in total. The molecule has 0 saturated carbocycles. The number of halogens is 1. The molecule has 2 fully saturated rings. The Kier molecular flexibility index (Phi) is 6.57. The molecule has 0 bridgehead atoms. The third-order valence-electron chi connectivity index (χ3n) is 6.05. The lowest BCUT2D eigenvalue weighted by atomic mass is 9.92. The topological polar surface area (TPSA) is 61.4 Å².